The lowest BCUT2D eigenvalue weighted by atomic mass is 9.97. The maximum Gasteiger partial charge on any atom is 0.131 e. The summed E-state index contributed by atoms with van der Waals surface area (Å²) in [6.07, 6.45) is 0. The van der Waals surface area contributed by atoms with Crippen LogP contribution >= 0.6 is 0 Å². The van der Waals surface area contributed by atoms with Gasteiger partial charge < -0.3 is 10.2 Å². The van der Waals surface area contributed by atoms with Crippen molar-refractivity contribution in [2.75, 3.05) is 26.0 Å². The van der Waals surface area contributed by atoms with Crippen molar-refractivity contribution >= 4 is 5.69 Å². The molecule has 0 bridgehead atoms. The molecule has 4 heteroatoms. The molecule has 0 aliphatic rings. The van der Waals surface area contributed by atoms with E-state index >= 15 is 0 Å². The largest absolute Gasteiger partial charge is 0.378 e. The molecular weight excluding hydrogens is 258 g/mol. The molecular formula is C16H18F2N2. The van der Waals surface area contributed by atoms with E-state index in [2.05, 4.69) is 5.32 Å². The average molecular weight is 276 g/mol. The highest BCUT2D eigenvalue weighted by atomic mass is 19.1. The molecule has 2 aromatic rings. The van der Waals surface area contributed by atoms with Crippen molar-refractivity contribution in [1.29, 1.82) is 0 Å². The van der Waals surface area contributed by atoms with Crippen LogP contribution in [0.3, 0.4) is 0 Å². The number of nitrogens with one attached hydrogen (secondary N) is 1. The summed E-state index contributed by atoms with van der Waals surface area (Å²) in [4.78, 5) is 1.97. The van der Waals surface area contributed by atoms with Crippen LogP contribution in [-0.2, 0) is 0 Å². The van der Waals surface area contributed by atoms with Gasteiger partial charge in [-0.1, -0.05) is 18.2 Å². The van der Waals surface area contributed by atoms with Gasteiger partial charge in [0.1, 0.15) is 11.6 Å². The van der Waals surface area contributed by atoms with E-state index in [9.17, 15) is 8.78 Å². The molecule has 0 spiro atoms. The SMILES string of the molecule is CNC(c1ccc(N(C)C)cc1)c1c(F)cccc1F. The van der Waals surface area contributed by atoms with Gasteiger partial charge in [0.2, 0.25) is 0 Å². The third-order valence-corrected chi connectivity index (χ3v) is 3.32. The molecule has 0 fully saturated rings. The second-order valence-corrected chi connectivity index (χ2v) is 4.84. The second-order valence-electron chi connectivity index (χ2n) is 4.84. The molecule has 2 nitrogen and oxygen atoms in total. The van der Waals surface area contributed by atoms with Crippen LogP contribution in [0.25, 0.3) is 0 Å². The monoisotopic (exact) mass is 276 g/mol. The Morgan fingerprint density at radius 3 is 1.95 bits per heavy atom. The number of rotatable bonds is 4. The number of hydrogen-bond acceptors (Lipinski definition) is 2. The second kappa shape index (κ2) is 6.01. The zero-order valence-corrected chi connectivity index (χ0v) is 11.8. The first-order chi connectivity index (χ1) is 9.54. The fourth-order valence-corrected chi connectivity index (χ4v) is 2.23. The lowest BCUT2D eigenvalue weighted by Gasteiger charge is -2.20. The Balaban J connectivity index is 2.42. The van der Waals surface area contributed by atoms with E-state index in [4.69, 9.17) is 0 Å². The summed E-state index contributed by atoms with van der Waals surface area (Å²) in [6.45, 7) is 0. The summed E-state index contributed by atoms with van der Waals surface area (Å²) in [5, 5.41) is 2.97. The van der Waals surface area contributed by atoms with Gasteiger partial charge in [0.15, 0.2) is 0 Å². The van der Waals surface area contributed by atoms with Crippen LogP contribution in [0.1, 0.15) is 17.2 Å². The van der Waals surface area contributed by atoms with Crippen LogP contribution in [0.15, 0.2) is 42.5 Å². The van der Waals surface area contributed by atoms with Crippen molar-refractivity contribution < 1.29 is 8.78 Å². The van der Waals surface area contributed by atoms with Gasteiger partial charge in [-0.25, -0.2) is 8.78 Å². The molecule has 1 atom stereocenters. The van der Waals surface area contributed by atoms with E-state index in [1.165, 1.54) is 18.2 Å². The van der Waals surface area contributed by atoms with Gasteiger partial charge in [-0.15, -0.1) is 0 Å². The molecule has 0 amide bonds. The number of nitrogens with zero attached hydrogens (tertiary/aromatic N) is 1. The van der Waals surface area contributed by atoms with Crippen LogP contribution < -0.4 is 10.2 Å². The Morgan fingerprint density at radius 2 is 1.50 bits per heavy atom. The fourth-order valence-electron chi connectivity index (χ4n) is 2.23. The molecule has 1 N–H and O–H groups in total. The van der Waals surface area contributed by atoms with Gasteiger partial charge in [0, 0.05) is 25.3 Å². The smallest absolute Gasteiger partial charge is 0.131 e. The fraction of sp³-hybridized carbons (Fsp3) is 0.250. The average Bonchev–Trinajstić information content (AvgIpc) is 2.43. The first-order valence-electron chi connectivity index (χ1n) is 6.43. The number of hydrogen-bond donors (Lipinski definition) is 1. The standard InChI is InChI=1S/C16H18F2N2/c1-19-16(15-13(17)5-4-6-14(15)18)11-7-9-12(10-8-11)20(2)3/h4-10,16,19H,1-3H3. The van der Waals surface area contributed by atoms with Crippen LogP contribution in [-0.4, -0.2) is 21.1 Å². The third-order valence-electron chi connectivity index (χ3n) is 3.32. The molecule has 0 aromatic heterocycles. The molecule has 0 aliphatic heterocycles. The van der Waals surface area contributed by atoms with E-state index in [0.29, 0.717) is 0 Å². The van der Waals surface area contributed by atoms with Crippen molar-refractivity contribution in [1.82, 2.24) is 5.32 Å². The topological polar surface area (TPSA) is 15.3 Å². The molecule has 0 saturated heterocycles. The van der Waals surface area contributed by atoms with Gasteiger partial charge in [0.25, 0.3) is 0 Å². The van der Waals surface area contributed by atoms with E-state index in [0.717, 1.165) is 11.3 Å². The van der Waals surface area contributed by atoms with E-state index in [-0.39, 0.29) is 5.56 Å². The summed E-state index contributed by atoms with van der Waals surface area (Å²) in [5.41, 5.74) is 1.91. The van der Waals surface area contributed by atoms with Crippen molar-refractivity contribution in [3.8, 4) is 0 Å². The first-order valence-corrected chi connectivity index (χ1v) is 6.43. The lowest BCUT2D eigenvalue weighted by molar-refractivity contribution is 0.522. The van der Waals surface area contributed by atoms with Crippen LogP contribution in [0.5, 0.6) is 0 Å². The minimum Gasteiger partial charge on any atom is -0.378 e. The number of halogens is 2. The van der Waals surface area contributed by atoms with Gasteiger partial charge in [0.05, 0.1) is 6.04 Å². The predicted octanol–water partition coefficient (Wildman–Crippen LogP) is 3.34. The number of anilines is 1. The molecule has 0 heterocycles. The summed E-state index contributed by atoms with van der Waals surface area (Å²) >= 11 is 0. The molecule has 0 radical (unpaired) electrons. The van der Waals surface area contributed by atoms with Gasteiger partial charge in [-0.2, -0.15) is 0 Å². The summed E-state index contributed by atoms with van der Waals surface area (Å²) in [6, 6.07) is 11.0. The Morgan fingerprint density at radius 1 is 0.950 bits per heavy atom. The van der Waals surface area contributed by atoms with E-state index in [1.54, 1.807) is 7.05 Å². The summed E-state index contributed by atoms with van der Waals surface area (Å²) in [5.74, 6) is -1.08. The molecule has 20 heavy (non-hydrogen) atoms. The Hall–Kier alpha value is -1.94. The Labute approximate surface area is 118 Å². The van der Waals surface area contributed by atoms with Crippen molar-refractivity contribution in [2.24, 2.45) is 0 Å². The Kier molecular flexibility index (Phi) is 4.35. The highest BCUT2D eigenvalue weighted by Gasteiger charge is 2.20. The molecule has 2 aromatic carbocycles. The van der Waals surface area contributed by atoms with Gasteiger partial charge in [-0.3, -0.25) is 0 Å². The van der Waals surface area contributed by atoms with Crippen LogP contribution in [0.4, 0.5) is 14.5 Å². The highest BCUT2D eigenvalue weighted by Crippen LogP contribution is 2.27. The molecule has 2 rings (SSSR count). The van der Waals surface area contributed by atoms with Crippen molar-refractivity contribution in [3.63, 3.8) is 0 Å². The zero-order valence-electron chi connectivity index (χ0n) is 11.8. The number of benzene rings is 2. The van der Waals surface area contributed by atoms with E-state index < -0.39 is 17.7 Å². The molecule has 0 saturated carbocycles. The minimum absolute atomic E-state index is 0.0487. The first kappa shape index (κ1) is 14.5. The third kappa shape index (κ3) is 2.80. The summed E-state index contributed by atoms with van der Waals surface area (Å²) < 4.78 is 27.8. The maximum absolute atomic E-state index is 13.9. The van der Waals surface area contributed by atoms with Gasteiger partial charge >= 0.3 is 0 Å². The minimum atomic E-state index is -0.541. The quantitative estimate of drug-likeness (QED) is 0.921. The lowest BCUT2D eigenvalue weighted by Crippen LogP contribution is -2.20. The molecule has 1 unspecified atom stereocenters. The van der Waals surface area contributed by atoms with Crippen molar-refractivity contribution in [2.45, 2.75) is 6.04 Å². The van der Waals surface area contributed by atoms with Crippen LogP contribution in [0.2, 0.25) is 0 Å². The summed E-state index contributed by atoms with van der Waals surface area (Å²) in [7, 11) is 5.58. The predicted molar refractivity (Wildman–Crippen MR) is 78.0 cm³/mol. The van der Waals surface area contributed by atoms with Crippen molar-refractivity contribution in [3.05, 3.63) is 65.2 Å². The Bertz CT molecular complexity index is 559. The maximum atomic E-state index is 13.9. The molecule has 0 aliphatic carbocycles. The van der Waals surface area contributed by atoms with Crippen LogP contribution in [0, 0.1) is 11.6 Å². The molecule has 106 valence electrons. The normalized spacial score (nSPS) is 12.2. The highest BCUT2D eigenvalue weighted by molar-refractivity contribution is 5.47. The zero-order chi connectivity index (χ0) is 14.7. The van der Waals surface area contributed by atoms with Gasteiger partial charge in [-0.05, 0) is 36.9 Å². The van der Waals surface area contributed by atoms with E-state index in [1.807, 2.05) is 43.3 Å².